The van der Waals surface area contributed by atoms with Crippen molar-refractivity contribution in [2.45, 2.75) is 31.6 Å². The van der Waals surface area contributed by atoms with Gasteiger partial charge in [-0.3, -0.25) is 9.69 Å². The van der Waals surface area contributed by atoms with Crippen molar-refractivity contribution in [2.24, 2.45) is 0 Å². The van der Waals surface area contributed by atoms with E-state index in [1.54, 1.807) is 18.7 Å². The third-order valence-corrected chi connectivity index (χ3v) is 4.72. The average molecular weight is 362 g/mol. The Kier molecular flexibility index (Phi) is 5.57. The van der Waals surface area contributed by atoms with Crippen LogP contribution in [0.4, 0.5) is 13.2 Å². The van der Waals surface area contributed by atoms with Crippen molar-refractivity contribution in [3.63, 3.8) is 0 Å². The molecule has 1 amide bonds. The minimum absolute atomic E-state index is 0.0445. The highest BCUT2D eigenvalue weighted by molar-refractivity contribution is 7.98. The average Bonchev–Trinajstić information content (AvgIpc) is 2.78. The first-order valence-electron chi connectivity index (χ1n) is 7.06. The number of hydrogen-bond donors (Lipinski definition) is 1. The minimum atomic E-state index is -4.47. The second-order valence-electron chi connectivity index (χ2n) is 5.25. The fourth-order valence-electron chi connectivity index (χ4n) is 2.60. The Balaban J connectivity index is 2.29. The van der Waals surface area contributed by atoms with Gasteiger partial charge < -0.3 is 5.32 Å². The van der Waals surface area contributed by atoms with Crippen LogP contribution in [0.5, 0.6) is 0 Å². The van der Waals surface area contributed by atoms with Gasteiger partial charge in [-0.05, 0) is 49.2 Å². The van der Waals surface area contributed by atoms with Crippen LogP contribution in [0.1, 0.15) is 30.5 Å². The summed E-state index contributed by atoms with van der Waals surface area (Å²) >= 11 is 6.76. The number of amides is 1. The molecule has 3 nitrogen and oxygen atoms in total. The van der Waals surface area contributed by atoms with E-state index >= 15 is 0 Å². The Morgan fingerprint density at radius 1 is 1.39 bits per heavy atom. The summed E-state index contributed by atoms with van der Waals surface area (Å²) in [5, 5.41) is 3.10. The van der Waals surface area contributed by atoms with Crippen LogP contribution in [0.3, 0.4) is 0 Å². The lowest BCUT2D eigenvalue weighted by Crippen LogP contribution is -2.35. The van der Waals surface area contributed by atoms with Crippen molar-refractivity contribution >= 4 is 35.0 Å². The molecule has 1 aromatic carbocycles. The van der Waals surface area contributed by atoms with E-state index < -0.39 is 23.8 Å². The molecule has 8 heteroatoms. The number of rotatable bonds is 5. The summed E-state index contributed by atoms with van der Waals surface area (Å²) in [4.78, 5) is 13.7. The number of thiocarbonyl (C=S) groups is 1. The first-order chi connectivity index (χ1) is 10.8. The summed E-state index contributed by atoms with van der Waals surface area (Å²) in [5.74, 6) is 0.501. The van der Waals surface area contributed by atoms with Crippen LogP contribution in [0.15, 0.2) is 24.3 Å². The third kappa shape index (κ3) is 3.80. The van der Waals surface area contributed by atoms with E-state index in [1.165, 1.54) is 23.1 Å². The summed E-state index contributed by atoms with van der Waals surface area (Å²) in [6, 6.07) is 4.04. The summed E-state index contributed by atoms with van der Waals surface area (Å²) in [6.45, 7) is 1.56. The zero-order valence-electron chi connectivity index (χ0n) is 12.7. The molecule has 0 unspecified atom stereocenters. The molecule has 1 fully saturated rings. The molecule has 0 spiro atoms. The molecule has 0 saturated carbocycles. The van der Waals surface area contributed by atoms with Gasteiger partial charge in [0, 0.05) is 0 Å². The fourth-order valence-corrected chi connectivity index (χ4v) is 3.47. The van der Waals surface area contributed by atoms with Gasteiger partial charge in [0.25, 0.3) is 5.91 Å². The smallest absolute Gasteiger partial charge is 0.350 e. The van der Waals surface area contributed by atoms with Crippen molar-refractivity contribution in [3.05, 3.63) is 35.4 Å². The zero-order chi connectivity index (χ0) is 17.2. The Morgan fingerprint density at radius 3 is 2.65 bits per heavy atom. The number of alkyl halides is 3. The lowest BCUT2D eigenvalue weighted by atomic mass is 10.00. The lowest BCUT2D eigenvalue weighted by Gasteiger charge is -2.26. The minimum Gasteiger partial charge on any atom is -0.350 e. The van der Waals surface area contributed by atoms with Gasteiger partial charge in [0.1, 0.15) is 6.04 Å². The van der Waals surface area contributed by atoms with Gasteiger partial charge in [0.2, 0.25) is 0 Å². The molecule has 1 aliphatic heterocycles. The molecule has 1 heterocycles. The highest BCUT2D eigenvalue weighted by atomic mass is 32.2. The summed E-state index contributed by atoms with van der Waals surface area (Å²) in [7, 11) is 0. The Bertz CT molecular complexity index is 607. The predicted molar refractivity (Wildman–Crippen MR) is 89.2 cm³/mol. The molecule has 2 atom stereocenters. The Morgan fingerprint density at radius 2 is 2.04 bits per heavy atom. The van der Waals surface area contributed by atoms with Gasteiger partial charge in [-0.2, -0.15) is 24.9 Å². The highest BCUT2D eigenvalue weighted by Crippen LogP contribution is 2.37. The van der Waals surface area contributed by atoms with E-state index in [9.17, 15) is 18.0 Å². The first kappa shape index (κ1) is 18.1. The van der Waals surface area contributed by atoms with E-state index in [1.807, 2.05) is 6.26 Å². The van der Waals surface area contributed by atoms with Gasteiger partial charge in [-0.15, -0.1) is 0 Å². The molecule has 126 valence electrons. The number of benzene rings is 1. The maximum atomic E-state index is 13.2. The van der Waals surface area contributed by atoms with Crippen molar-refractivity contribution in [3.8, 4) is 0 Å². The van der Waals surface area contributed by atoms with E-state index in [2.05, 4.69) is 5.32 Å². The number of thioether (sulfide) groups is 1. The summed E-state index contributed by atoms with van der Waals surface area (Å²) in [6.07, 6.45) is -1.96. The highest BCUT2D eigenvalue weighted by Gasteiger charge is 2.41. The van der Waals surface area contributed by atoms with E-state index in [-0.39, 0.29) is 16.6 Å². The van der Waals surface area contributed by atoms with Gasteiger partial charge in [-0.25, -0.2) is 0 Å². The summed E-state index contributed by atoms with van der Waals surface area (Å²) in [5.41, 5.74) is -0.696. The maximum Gasteiger partial charge on any atom is 0.416 e. The molecule has 1 saturated heterocycles. The molecular weight excluding hydrogens is 345 g/mol. The zero-order valence-corrected chi connectivity index (χ0v) is 14.3. The van der Waals surface area contributed by atoms with Crippen LogP contribution in [-0.4, -0.2) is 34.0 Å². The normalized spacial score (nSPS) is 19.9. The van der Waals surface area contributed by atoms with Gasteiger partial charge in [0.15, 0.2) is 5.11 Å². The molecule has 0 aliphatic carbocycles. The number of nitrogens with one attached hydrogen (secondary N) is 1. The number of carbonyl (C=O) groups is 1. The lowest BCUT2D eigenvalue weighted by molar-refractivity contribution is -0.139. The second kappa shape index (κ2) is 7.09. The van der Waals surface area contributed by atoms with Crippen LogP contribution >= 0.6 is 24.0 Å². The first-order valence-corrected chi connectivity index (χ1v) is 8.86. The largest absolute Gasteiger partial charge is 0.416 e. The number of halogens is 3. The Labute approximate surface area is 142 Å². The molecule has 1 aromatic rings. The van der Waals surface area contributed by atoms with Crippen LogP contribution in [0.2, 0.25) is 0 Å². The van der Waals surface area contributed by atoms with Gasteiger partial charge in [0.05, 0.1) is 11.6 Å². The molecule has 2 rings (SSSR count). The van der Waals surface area contributed by atoms with Crippen LogP contribution in [0, 0.1) is 0 Å². The number of hydrogen-bond acceptors (Lipinski definition) is 3. The monoisotopic (exact) mass is 362 g/mol. The van der Waals surface area contributed by atoms with E-state index in [0.29, 0.717) is 6.42 Å². The van der Waals surface area contributed by atoms with Crippen molar-refractivity contribution in [2.75, 3.05) is 12.0 Å². The van der Waals surface area contributed by atoms with Gasteiger partial charge >= 0.3 is 6.18 Å². The number of nitrogens with zero attached hydrogens (tertiary/aromatic N) is 1. The van der Waals surface area contributed by atoms with Crippen molar-refractivity contribution in [1.82, 2.24) is 10.2 Å². The molecule has 23 heavy (non-hydrogen) atoms. The van der Waals surface area contributed by atoms with E-state index in [4.69, 9.17) is 12.2 Å². The SMILES string of the molecule is CSCC[C@@H]1NC(=S)N([C@H](C)c2ccccc2C(F)(F)F)C1=O. The molecule has 0 radical (unpaired) electrons. The standard InChI is InChI=1S/C15H17F3N2OS2/c1-9(10-5-3-4-6-11(10)15(16,17)18)20-13(21)12(7-8-23-2)19-14(20)22/h3-6,9,12H,7-8H2,1-2H3,(H,19,22)/t9-,12+/m1/s1. The predicted octanol–water partition coefficient (Wildman–Crippen LogP) is 3.60. The fraction of sp³-hybridized carbons (Fsp3) is 0.467. The van der Waals surface area contributed by atoms with Crippen molar-refractivity contribution < 1.29 is 18.0 Å². The molecular formula is C15H17F3N2OS2. The molecule has 0 bridgehead atoms. The molecule has 1 N–H and O–H groups in total. The maximum absolute atomic E-state index is 13.2. The second-order valence-corrected chi connectivity index (χ2v) is 6.63. The van der Waals surface area contributed by atoms with Crippen LogP contribution < -0.4 is 5.32 Å². The Hall–Kier alpha value is -1.28. The van der Waals surface area contributed by atoms with Crippen LogP contribution in [0.25, 0.3) is 0 Å². The van der Waals surface area contributed by atoms with Crippen molar-refractivity contribution in [1.29, 1.82) is 0 Å². The van der Waals surface area contributed by atoms with Crippen LogP contribution in [-0.2, 0) is 11.0 Å². The molecule has 0 aromatic heterocycles. The van der Waals surface area contributed by atoms with Gasteiger partial charge in [-0.1, -0.05) is 18.2 Å². The topological polar surface area (TPSA) is 32.3 Å². The molecule has 1 aliphatic rings. The van der Waals surface area contributed by atoms with E-state index in [0.717, 1.165) is 11.8 Å². The quantitative estimate of drug-likeness (QED) is 0.811. The summed E-state index contributed by atoms with van der Waals surface area (Å²) < 4.78 is 39.5. The third-order valence-electron chi connectivity index (χ3n) is 3.77. The number of carbonyl (C=O) groups excluding carboxylic acids is 1.